The number of piperidine rings is 2. The maximum atomic E-state index is 3.51. The molecule has 0 saturated carbocycles. The van der Waals surface area contributed by atoms with Crippen LogP contribution < -0.4 is 10.6 Å². The number of nitrogens with one attached hydrogen (secondary N) is 2. The Balaban J connectivity index is 1.69. The molecule has 0 amide bonds. The van der Waals surface area contributed by atoms with Gasteiger partial charge >= 0.3 is 0 Å². The predicted molar refractivity (Wildman–Crippen MR) is 55.8 cm³/mol. The van der Waals surface area contributed by atoms with Gasteiger partial charge in [-0.15, -0.1) is 0 Å². The molecule has 2 heterocycles. The molecule has 2 aliphatic rings. The largest absolute Gasteiger partial charge is 0.317 e. The first-order chi connectivity index (χ1) is 6.45. The van der Waals surface area contributed by atoms with Crippen LogP contribution in [0.4, 0.5) is 0 Å². The molecule has 13 heavy (non-hydrogen) atoms. The molecule has 1 atom stereocenters. The zero-order chi connectivity index (χ0) is 8.93. The molecule has 1 unspecified atom stereocenters. The average molecular weight is 182 g/mol. The summed E-state index contributed by atoms with van der Waals surface area (Å²) in [4.78, 5) is 0. The second kappa shape index (κ2) is 4.97. The highest BCUT2D eigenvalue weighted by Crippen LogP contribution is 2.24. The van der Waals surface area contributed by atoms with Crippen LogP contribution in [0.25, 0.3) is 0 Å². The third-order valence-corrected chi connectivity index (χ3v) is 3.52. The first-order valence-corrected chi connectivity index (χ1v) is 5.86. The summed E-state index contributed by atoms with van der Waals surface area (Å²) in [6.07, 6.45) is 7.17. The second-order valence-electron chi connectivity index (χ2n) is 4.64. The molecule has 2 saturated heterocycles. The van der Waals surface area contributed by atoms with Crippen molar-refractivity contribution in [1.82, 2.24) is 10.6 Å². The van der Waals surface area contributed by atoms with Gasteiger partial charge in [0, 0.05) is 0 Å². The SMILES string of the molecule is C1CNCC(CC2CCNCC2)C1. The van der Waals surface area contributed by atoms with Crippen molar-refractivity contribution in [3.63, 3.8) is 0 Å². The Morgan fingerprint density at radius 3 is 2.38 bits per heavy atom. The smallest absolute Gasteiger partial charge is 0.00204 e. The van der Waals surface area contributed by atoms with Crippen LogP contribution in [0.1, 0.15) is 32.1 Å². The average Bonchev–Trinajstić information content (AvgIpc) is 2.21. The van der Waals surface area contributed by atoms with Crippen LogP contribution in [0, 0.1) is 11.8 Å². The van der Waals surface area contributed by atoms with Crippen LogP contribution in [0.15, 0.2) is 0 Å². The highest BCUT2D eigenvalue weighted by atomic mass is 14.9. The molecule has 0 aromatic carbocycles. The van der Waals surface area contributed by atoms with E-state index in [2.05, 4.69) is 10.6 Å². The number of hydrogen-bond donors (Lipinski definition) is 2. The van der Waals surface area contributed by atoms with E-state index in [1.54, 1.807) is 0 Å². The van der Waals surface area contributed by atoms with Gasteiger partial charge in [0.05, 0.1) is 0 Å². The van der Waals surface area contributed by atoms with Crippen molar-refractivity contribution in [2.45, 2.75) is 32.1 Å². The number of rotatable bonds is 2. The van der Waals surface area contributed by atoms with Crippen LogP contribution in [0.3, 0.4) is 0 Å². The van der Waals surface area contributed by atoms with E-state index in [9.17, 15) is 0 Å². The van der Waals surface area contributed by atoms with E-state index >= 15 is 0 Å². The lowest BCUT2D eigenvalue weighted by atomic mass is 9.84. The van der Waals surface area contributed by atoms with Gasteiger partial charge in [-0.2, -0.15) is 0 Å². The minimum Gasteiger partial charge on any atom is -0.317 e. The first kappa shape index (κ1) is 9.47. The van der Waals surface area contributed by atoms with Gasteiger partial charge in [0.1, 0.15) is 0 Å². The quantitative estimate of drug-likeness (QED) is 0.674. The van der Waals surface area contributed by atoms with E-state index in [-0.39, 0.29) is 0 Å². The zero-order valence-corrected chi connectivity index (χ0v) is 8.52. The van der Waals surface area contributed by atoms with E-state index in [0.29, 0.717) is 0 Å². The minimum absolute atomic E-state index is 0.983. The van der Waals surface area contributed by atoms with Crippen molar-refractivity contribution in [3.05, 3.63) is 0 Å². The van der Waals surface area contributed by atoms with Crippen LogP contribution in [0.2, 0.25) is 0 Å². The molecule has 0 spiro atoms. The third kappa shape index (κ3) is 2.96. The summed E-state index contributed by atoms with van der Waals surface area (Å²) in [5.41, 5.74) is 0. The molecular weight excluding hydrogens is 160 g/mol. The van der Waals surface area contributed by atoms with Crippen LogP contribution in [-0.4, -0.2) is 26.2 Å². The third-order valence-electron chi connectivity index (χ3n) is 3.52. The van der Waals surface area contributed by atoms with Crippen molar-refractivity contribution >= 4 is 0 Å². The zero-order valence-electron chi connectivity index (χ0n) is 8.52. The molecular formula is C11H22N2. The van der Waals surface area contributed by atoms with Crippen LogP contribution >= 0.6 is 0 Å². The fraction of sp³-hybridized carbons (Fsp3) is 1.00. The van der Waals surface area contributed by atoms with Crippen molar-refractivity contribution in [2.24, 2.45) is 11.8 Å². The molecule has 0 aromatic heterocycles. The summed E-state index contributed by atoms with van der Waals surface area (Å²) in [5.74, 6) is 2.00. The van der Waals surface area contributed by atoms with Gasteiger partial charge in [-0.3, -0.25) is 0 Å². The van der Waals surface area contributed by atoms with Crippen molar-refractivity contribution in [1.29, 1.82) is 0 Å². The maximum absolute atomic E-state index is 3.51. The fourth-order valence-electron chi connectivity index (χ4n) is 2.71. The normalized spacial score (nSPS) is 31.8. The van der Waals surface area contributed by atoms with Gasteiger partial charge < -0.3 is 10.6 Å². The summed E-state index contributed by atoms with van der Waals surface area (Å²) in [7, 11) is 0. The summed E-state index contributed by atoms with van der Waals surface area (Å²) in [5, 5.41) is 6.95. The Morgan fingerprint density at radius 2 is 1.69 bits per heavy atom. The summed E-state index contributed by atoms with van der Waals surface area (Å²) >= 11 is 0. The summed E-state index contributed by atoms with van der Waals surface area (Å²) in [6, 6.07) is 0. The van der Waals surface area contributed by atoms with E-state index in [1.165, 1.54) is 58.3 Å². The molecule has 76 valence electrons. The van der Waals surface area contributed by atoms with Gasteiger partial charge in [-0.05, 0) is 70.1 Å². The molecule has 2 aliphatic heterocycles. The highest BCUT2D eigenvalue weighted by molar-refractivity contribution is 4.75. The first-order valence-electron chi connectivity index (χ1n) is 5.86. The van der Waals surface area contributed by atoms with E-state index in [4.69, 9.17) is 0 Å². The van der Waals surface area contributed by atoms with E-state index in [0.717, 1.165) is 11.8 Å². The lowest BCUT2D eigenvalue weighted by molar-refractivity contribution is 0.262. The monoisotopic (exact) mass is 182 g/mol. The highest BCUT2D eigenvalue weighted by Gasteiger charge is 2.19. The molecule has 0 radical (unpaired) electrons. The van der Waals surface area contributed by atoms with Gasteiger partial charge in [0.25, 0.3) is 0 Å². The summed E-state index contributed by atoms with van der Waals surface area (Å²) in [6.45, 7) is 5.04. The number of hydrogen-bond acceptors (Lipinski definition) is 2. The minimum atomic E-state index is 0.983. The van der Waals surface area contributed by atoms with Crippen molar-refractivity contribution < 1.29 is 0 Å². The Morgan fingerprint density at radius 1 is 0.846 bits per heavy atom. The topological polar surface area (TPSA) is 24.1 Å². The lowest BCUT2D eigenvalue weighted by Gasteiger charge is -2.29. The Bertz CT molecular complexity index is 119. The molecule has 2 rings (SSSR count). The summed E-state index contributed by atoms with van der Waals surface area (Å²) < 4.78 is 0. The van der Waals surface area contributed by atoms with Crippen molar-refractivity contribution in [2.75, 3.05) is 26.2 Å². The second-order valence-corrected chi connectivity index (χ2v) is 4.64. The van der Waals surface area contributed by atoms with Gasteiger partial charge in [-0.1, -0.05) is 0 Å². The van der Waals surface area contributed by atoms with Gasteiger partial charge in [0.2, 0.25) is 0 Å². The maximum Gasteiger partial charge on any atom is -0.00204 e. The van der Waals surface area contributed by atoms with E-state index < -0.39 is 0 Å². The van der Waals surface area contributed by atoms with Crippen LogP contribution in [-0.2, 0) is 0 Å². The molecule has 2 heteroatoms. The van der Waals surface area contributed by atoms with E-state index in [1.807, 2.05) is 0 Å². The van der Waals surface area contributed by atoms with Gasteiger partial charge in [-0.25, -0.2) is 0 Å². The van der Waals surface area contributed by atoms with Crippen molar-refractivity contribution in [3.8, 4) is 0 Å². The molecule has 0 aromatic rings. The predicted octanol–water partition coefficient (Wildman–Crippen LogP) is 1.38. The molecule has 0 bridgehead atoms. The molecule has 2 N–H and O–H groups in total. The Labute approximate surface area is 81.5 Å². The Kier molecular flexibility index (Phi) is 3.62. The van der Waals surface area contributed by atoms with Crippen LogP contribution in [0.5, 0.6) is 0 Å². The lowest BCUT2D eigenvalue weighted by Crippen LogP contribution is -2.34. The molecule has 2 nitrogen and oxygen atoms in total. The molecule has 2 fully saturated rings. The Hall–Kier alpha value is -0.0800. The standard InChI is InChI=1S/C11H22N2/c1-2-11(9-13-5-1)8-10-3-6-12-7-4-10/h10-13H,1-9H2. The molecule has 0 aliphatic carbocycles. The fourth-order valence-corrected chi connectivity index (χ4v) is 2.71. The van der Waals surface area contributed by atoms with Gasteiger partial charge in [0.15, 0.2) is 0 Å².